The Morgan fingerprint density at radius 3 is 2.50 bits per heavy atom. The van der Waals surface area contributed by atoms with Crippen LogP contribution in [0.15, 0.2) is 24.4 Å². The second-order valence-electron chi connectivity index (χ2n) is 6.50. The molecule has 0 unspecified atom stereocenters. The van der Waals surface area contributed by atoms with E-state index in [2.05, 4.69) is 44.1 Å². The molecule has 0 saturated carbocycles. The van der Waals surface area contributed by atoms with Crippen LogP contribution in [0.25, 0.3) is 6.08 Å². The molecule has 1 atom stereocenters. The quantitative estimate of drug-likeness (QED) is 0.678. The molecular formula is C15H21BN2O2. The van der Waals surface area contributed by atoms with Crippen molar-refractivity contribution in [3.8, 4) is 0 Å². The second kappa shape index (κ2) is 4.69. The maximum absolute atomic E-state index is 5.93. The van der Waals surface area contributed by atoms with Gasteiger partial charge >= 0.3 is 7.12 Å². The van der Waals surface area contributed by atoms with Crippen molar-refractivity contribution in [2.75, 3.05) is 6.54 Å². The lowest BCUT2D eigenvalue weighted by atomic mass is 9.89. The molecule has 1 aromatic rings. The normalized spacial score (nSPS) is 27.2. The third kappa shape index (κ3) is 2.66. The van der Waals surface area contributed by atoms with Crippen molar-refractivity contribution in [1.82, 2.24) is 10.3 Å². The van der Waals surface area contributed by atoms with Gasteiger partial charge in [0.2, 0.25) is 0 Å². The van der Waals surface area contributed by atoms with Gasteiger partial charge in [0.25, 0.3) is 0 Å². The molecule has 0 aliphatic carbocycles. The van der Waals surface area contributed by atoms with E-state index in [1.54, 1.807) is 0 Å². The number of aromatic nitrogens is 1. The molecule has 3 rings (SSSR count). The largest absolute Gasteiger partial charge is 0.487 e. The van der Waals surface area contributed by atoms with Crippen molar-refractivity contribution in [3.63, 3.8) is 0 Å². The van der Waals surface area contributed by atoms with Crippen LogP contribution in [0.4, 0.5) is 0 Å². The first-order valence-corrected chi connectivity index (χ1v) is 7.10. The van der Waals surface area contributed by atoms with Crippen molar-refractivity contribution in [1.29, 1.82) is 0 Å². The molecule has 4 nitrogen and oxygen atoms in total. The Morgan fingerprint density at radius 1 is 1.25 bits per heavy atom. The number of hydrogen-bond acceptors (Lipinski definition) is 4. The zero-order chi connectivity index (χ0) is 14.4. The van der Waals surface area contributed by atoms with Crippen molar-refractivity contribution < 1.29 is 9.31 Å². The smallest absolute Gasteiger partial charge is 0.400 e. The molecule has 106 valence electrons. The first-order valence-electron chi connectivity index (χ1n) is 7.10. The number of nitrogens with one attached hydrogen (secondary N) is 1. The van der Waals surface area contributed by atoms with Crippen LogP contribution in [0.1, 0.15) is 44.9 Å². The maximum Gasteiger partial charge on any atom is 0.487 e. The highest BCUT2D eigenvalue weighted by molar-refractivity contribution is 6.52. The molecule has 0 spiro atoms. The minimum atomic E-state index is -0.303. The minimum Gasteiger partial charge on any atom is -0.400 e. The zero-order valence-electron chi connectivity index (χ0n) is 12.5. The van der Waals surface area contributed by atoms with Crippen molar-refractivity contribution in [3.05, 3.63) is 35.6 Å². The first kappa shape index (κ1) is 13.8. The van der Waals surface area contributed by atoms with E-state index in [9.17, 15) is 0 Å². The lowest BCUT2D eigenvalue weighted by Crippen LogP contribution is -2.41. The monoisotopic (exact) mass is 272 g/mol. The summed E-state index contributed by atoms with van der Waals surface area (Å²) in [7, 11) is -0.303. The fourth-order valence-corrected chi connectivity index (χ4v) is 2.21. The highest BCUT2D eigenvalue weighted by atomic mass is 16.7. The van der Waals surface area contributed by atoms with Gasteiger partial charge < -0.3 is 14.6 Å². The van der Waals surface area contributed by atoms with Gasteiger partial charge in [-0.2, -0.15) is 0 Å². The van der Waals surface area contributed by atoms with Crippen LogP contribution in [-0.4, -0.2) is 29.8 Å². The van der Waals surface area contributed by atoms with Gasteiger partial charge in [-0.05, 0) is 44.9 Å². The van der Waals surface area contributed by atoms with E-state index in [0.29, 0.717) is 6.04 Å². The SMILES string of the molecule is CC1(C)OB(/C=C/c2cncc([C@H]3CN3)c2)OC1(C)C. The Morgan fingerprint density at radius 2 is 1.90 bits per heavy atom. The van der Waals surface area contributed by atoms with Crippen LogP contribution >= 0.6 is 0 Å². The topological polar surface area (TPSA) is 53.3 Å². The predicted molar refractivity (Wildman–Crippen MR) is 80.1 cm³/mol. The molecule has 3 heterocycles. The van der Waals surface area contributed by atoms with Gasteiger partial charge in [0, 0.05) is 25.0 Å². The van der Waals surface area contributed by atoms with Gasteiger partial charge in [-0.25, -0.2) is 0 Å². The summed E-state index contributed by atoms with van der Waals surface area (Å²) in [5.74, 6) is 1.96. The average molecular weight is 272 g/mol. The van der Waals surface area contributed by atoms with Crippen LogP contribution in [0.2, 0.25) is 0 Å². The van der Waals surface area contributed by atoms with E-state index in [4.69, 9.17) is 9.31 Å². The molecule has 0 radical (unpaired) electrons. The van der Waals surface area contributed by atoms with E-state index in [-0.39, 0.29) is 18.3 Å². The van der Waals surface area contributed by atoms with E-state index >= 15 is 0 Å². The van der Waals surface area contributed by atoms with Crippen LogP contribution in [0.3, 0.4) is 0 Å². The molecule has 2 saturated heterocycles. The highest BCUT2D eigenvalue weighted by Gasteiger charge is 2.49. The molecule has 1 aromatic heterocycles. The van der Waals surface area contributed by atoms with Gasteiger partial charge in [0.1, 0.15) is 0 Å². The first-order chi connectivity index (χ1) is 9.37. The molecule has 20 heavy (non-hydrogen) atoms. The van der Waals surface area contributed by atoms with Crippen LogP contribution in [0.5, 0.6) is 0 Å². The highest BCUT2D eigenvalue weighted by Crippen LogP contribution is 2.37. The van der Waals surface area contributed by atoms with Crippen LogP contribution < -0.4 is 5.32 Å². The second-order valence-corrected chi connectivity index (χ2v) is 6.50. The molecular weight excluding hydrogens is 251 g/mol. The van der Waals surface area contributed by atoms with Gasteiger partial charge in [-0.15, -0.1) is 0 Å². The summed E-state index contributed by atoms with van der Waals surface area (Å²) in [6.07, 6.45) is 5.78. The Labute approximate surface area is 120 Å². The molecule has 0 amide bonds. The van der Waals surface area contributed by atoms with Gasteiger partial charge in [0.15, 0.2) is 0 Å². The van der Waals surface area contributed by atoms with E-state index < -0.39 is 0 Å². The standard InChI is InChI=1S/C15H21BN2O2/c1-14(2)15(3,4)20-16(19-14)6-5-11-7-12(9-17-8-11)13-10-18-13/h5-9,13,18H,10H2,1-4H3/b6-5+/t13-/m1/s1. The Hall–Kier alpha value is -1.17. The molecule has 0 bridgehead atoms. The third-order valence-electron chi connectivity index (χ3n) is 4.31. The van der Waals surface area contributed by atoms with Crippen LogP contribution in [-0.2, 0) is 9.31 Å². The van der Waals surface area contributed by atoms with Crippen LogP contribution in [0, 0.1) is 0 Å². The summed E-state index contributed by atoms with van der Waals surface area (Å²) in [5, 5.41) is 3.28. The summed E-state index contributed by atoms with van der Waals surface area (Å²) < 4.78 is 11.9. The number of pyridine rings is 1. The maximum atomic E-state index is 5.93. The molecule has 2 aliphatic heterocycles. The summed E-state index contributed by atoms with van der Waals surface area (Å²) in [6, 6.07) is 2.63. The fourth-order valence-electron chi connectivity index (χ4n) is 2.21. The molecule has 1 N–H and O–H groups in total. The minimum absolute atomic E-state index is 0.292. The lowest BCUT2D eigenvalue weighted by Gasteiger charge is -2.32. The van der Waals surface area contributed by atoms with Gasteiger partial charge in [0.05, 0.1) is 11.2 Å². The third-order valence-corrected chi connectivity index (χ3v) is 4.31. The molecule has 0 aromatic carbocycles. The number of rotatable bonds is 3. The summed E-state index contributed by atoms with van der Waals surface area (Å²) in [6.45, 7) is 9.28. The summed E-state index contributed by atoms with van der Waals surface area (Å²) >= 11 is 0. The van der Waals surface area contributed by atoms with Crippen molar-refractivity contribution in [2.45, 2.75) is 44.9 Å². The Bertz CT molecular complexity index is 522. The van der Waals surface area contributed by atoms with Crippen molar-refractivity contribution in [2.24, 2.45) is 0 Å². The van der Waals surface area contributed by atoms with Gasteiger partial charge in [-0.1, -0.05) is 12.1 Å². The lowest BCUT2D eigenvalue weighted by molar-refractivity contribution is 0.00578. The van der Waals surface area contributed by atoms with E-state index in [1.165, 1.54) is 5.56 Å². The molecule has 2 fully saturated rings. The predicted octanol–water partition coefficient (Wildman–Crippen LogP) is 2.37. The summed E-state index contributed by atoms with van der Waals surface area (Å²) in [5.41, 5.74) is 1.73. The summed E-state index contributed by atoms with van der Waals surface area (Å²) in [4.78, 5) is 4.28. The van der Waals surface area contributed by atoms with E-state index in [1.807, 2.05) is 24.4 Å². The van der Waals surface area contributed by atoms with Gasteiger partial charge in [-0.3, -0.25) is 4.98 Å². The molecule has 2 aliphatic rings. The average Bonchev–Trinajstić information content (AvgIpc) is 3.16. The number of nitrogens with zero attached hydrogens (tertiary/aromatic N) is 1. The Balaban J connectivity index is 1.70. The number of hydrogen-bond donors (Lipinski definition) is 1. The Kier molecular flexibility index (Phi) is 3.24. The van der Waals surface area contributed by atoms with E-state index in [0.717, 1.165) is 12.1 Å². The zero-order valence-corrected chi connectivity index (χ0v) is 12.5. The van der Waals surface area contributed by atoms with Crippen molar-refractivity contribution >= 4 is 13.2 Å². The fraction of sp³-hybridized carbons (Fsp3) is 0.533. The molecule has 5 heteroatoms.